The average Bonchev–Trinajstić information content (AvgIpc) is 3.07. The molecule has 1 heterocycles. The second kappa shape index (κ2) is 8.82. The Bertz CT molecular complexity index is 798. The van der Waals surface area contributed by atoms with E-state index < -0.39 is 0 Å². The lowest BCUT2D eigenvalue weighted by atomic mass is 10.1. The topological polar surface area (TPSA) is 72.1 Å². The smallest absolute Gasteiger partial charge is 0.236 e. The Morgan fingerprint density at radius 3 is 2.04 bits per heavy atom. The molecule has 0 radical (unpaired) electrons. The van der Waals surface area contributed by atoms with E-state index in [1.807, 2.05) is 72.5 Å². The van der Waals surface area contributed by atoms with E-state index in [4.69, 9.17) is 5.73 Å². The first-order valence-electron chi connectivity index (χ1n) is 8.24. The molecule has 3 aromatic rings. The van der Waals surface area contributed by atoms with Crippen LogP contribution in [-0.2, 0) is 17.9 Å². The zero-order valence-corrected chi connectivity index (χ0v) is 16.0. The molecule has 134 valence electrons. The van der Waals surface area contributed by atoms with E-state index in [-0.39, 0.29) is 11.2 Å². The molecule has 1 atom stereocenters. The Hall–Kier alpha value is -2.38. The zero-order chi connectivity index (χ0) is 18.4. The highest BCUT2D eigenvalue weighted by Gasteiger charge is 2.23. The lowest BCUT2D eigenvalue weighted by Crippen LogP contribution is -2.35. The Morgan fingerprint density at radius 2 is 1.58 bits per heavy atom. The third kappa shape index (κ3) is 5.06. The fraction of sp³-hybridized carbons (Fsp3) is 0.211. The van der Waals surface area contributed by atoms with Crippen molar-refractivity contribution in [1.82, 2.24) is 15.1 Å². The van der Waals surface area contributed by atoms with Gasteiger partial charge in [-0.15, -0.1) is 10.2 Å². The lowest BCUT2D eigenvalue weighted by molar-refractivity contribution is -0.131. The van der Waals surface area contributed by atoms with Crippen molar-refractivity contribution in [2.75, 3.05) is 5.73 Å². The molecule has 0 aliphatic rings. The molecule has 0 fully saturated rings. The van der Waals surface area contributed by atoms with Crippen LogP contribution in [-0.4, -0.2) is 26.3 Å². The first-order chi connectivity index (χ1) is 12.6. The number of anilines is 1. The normalized spacial score (nSPS) is 11.9. The number of carbonyl (C=O) groups excluding carboxylic acids is 1. The van der Waals surface area contributed by atoms with E-state index in [0.717, 1.165) is 11.1 Å². The van der Waals surface area contributed by atoms with Crippen molar-refractivity contribution in [3.8, 4) is 0 Å². The number of thioether (sulfide) groups is 1. The number of nitrogen functional groups attached to an aromatic ring is 1. The maximum Gasteiger partial charge on any atom is 0.236 e. The second-order valence-corrected chi connectivity index (χ2v) is 8.43. The number of benzene rings is 2. The van der Waals surface area contributed by atoms with Gasteiger partial charge in [-0.1, -0.05) is 83.8 Å². The molecule has 0 aliphatic heterocycles. The highest BCUT2D eigenvalue weighted by molar-refractivity contribution is 8.02. The molecule has 2 N–H and O–H groups in total. The molecule has 0 spiro atoms. The summed E-state index contributed by atoms with van der Waals surface area (Å²) in [4.78, 5) is 15.0. The summed E-state index contributed by atoms with van der Waals surface area (Å²) in [5, 5.41) is 7.96. The van der Waals surface area contributed by atoms with Gasteiger partial charge >= 0.3 is 0 Å². The van der Waals surface area contributed by atoms with Gasteiger partial charge in [-0.25, -0.2) is 0 Å². The molecule has 0 saturated heterocycles. The summed E-state index contributed by atoms with van der Waals surface area (Å²) in [7, 11) is 0. The number of amides is 1. The number of nitrogens with two attached hydrogens (primary N) is 1. The SMILES string of the molecule is CC(Sc1nnc(N)s1)C(=O)N(Cc1ccccc1)Cc1ccccc1. The van der Waals surface area contributed by atoms with Gasteiger partial charge in [0, 0.05) is 13.1 Å². The van der Waals surface area contributed by atoms with Crippen LogP contribution in [0, 0.1) is 0 Å². The number of hydrogen-bond donors (Lipinski definition) is 1. The van der Waals surface area contributed by atoms with E-state index in [0.29, 0.717) is 22.6 Å². The van der Waals surface area contributed by atoms with Crippen LogP contribution in [0.2, 0.25) is 0 Å². The predicted octanol–water partition coefficient (Wildman–Crippen LogP) is 3.83. The van der Waals surface area contributed by atoms with Crippen LogP contribution in [0.4, 0.5) is 5.13 Å². The monoisotopic (exact) mass is 384 g/mol. The van der Waals surface area contributed by atoms with E-state index in [9.17, 15) is 4.79 Å². The van der Waals surface area contributed by atoms with Gasteiger partial charge in [-0.05, 0) is 18.1 Å². The first kappa shape index (κ1) is 18.4. The highest BCUT2D eigenvalue weighted by Crippen LogP contribution is 2.29. The summed E-state index contributed by atoms with van der Waals surface area (Å²) in [6.45, 7) is 3.03. The second-order valence-electron chi connectivity index (χ2n) is 5.83. The van der Waals surface area contributed by atoms with Crippen LogP contribution in [0.3, 0.4) is 0 Å². The molecule has 26 heavy (non-hydrogen) atoms. The van der Waals surface area contributed by atoms with Crippen LogP contribution in [0.25, 0.3) is 0 Å². The van der Waals surface area contributed by atoms with Crippen molar-refractivity contribution in [3.05, 3.63) is 71.8 Å². The number of rotatable bonds is 7. The minimum atomic E-state index is -0.269. The standard InChI is InChI=1S/C19H20N4OS2/c1-14(25-19-22-21-18(20)26-19)17(24)23(12-15-8-4-2-5-9-15)13-16-10-6-3-7-11-16/h2-11,14H,12-13H2,1H3,(H2,20,21). The fourth-order valence-corrected chi connectivity index (χ4v) is 4.41. The molecule has 1 aromatic heterocycles. The van der Waals surface area contributed by atoms with E-state index in [1.165, 1.54) is 23.1 Å². The third-order valence-electron chi connectivity index (χ3n) is 3.79. The van der Waals surface area contributed by atoms with Crippen LogP contribution in [0.5, 0.6) is 0 Å². The van der Waals surface area contributed by atoms with E-state index in [1.54, 1.807) is 0 Å². The molecule has 1 unspecified atom stereocenters. The van der Waals surface area contributed by atoms with Gasteiger partial charge in [0.15, 0.2) is 4.34 Å². The quantitative estimate of drug-likeness (QED) is 0.627. The number of hydrogen-bond acceptors (Lipinski definition) is 6. The molecule has 0 saturated carbocycles. The Morgan fingerprint density at radius 1 is 1.04 bits per heavy atom. The highest BCUT2D eigenvalue weighted by atomic mass is 32.2. The van der Waals surface area contributed by atoms with Crippen LogP contribution in [0.1, 0.15) is 18.1 Å². The predicted molar refractivity (Wildman–Crippen MR) is 107 cm³/mol. The summed E-state index contributed by atoms with van der Waals surface area (Å²) in [6.07, 6.45) is 0. The van der Waals surface area contributed by atoms with Gasteiger partial charge in [0.05, 0.1) is 5.25 Å². The molecular weight excluding hydrogens is 364 g/mol. The van der Waals surface area contributed by atoms with Gasteiger partial charge in [-0.2, -0.15) is 0 Å². The van der Waals surface area contributed by atoms with Gasteiger partial charge in [0.2, 0.25) is 11.0 Å². The third-order valence-corrected chi connectivity index (χ3v) is 5.72. The molecule has 2 aromatic carbocycles. The number of nitrogens with zero attached hydrogens (tertiary/aromatic N) is 3. The average molecular weight is 385 g/mol. The van der Waals surface area contributed by atoms with Crippen molar-refractivity contribution in [1.29, 1.82) is 0 Å². The summed E-state index contributed by atoms with van der Waals surface area (Å²) >= 11 is 2.70. The van der Waals surface area contributed by atoms with Crippen molar-refractivity contribution in [3.63, 3.8) is 0 Å². The minimum Gasteiger partial charge on any atom is -0.374 e. The largest absolute Gasteiger partial charge is 0.374 e. The Kier molecular flexibility index (Phi) is 6.25. The van der Waals surface area contributed by atoms with Gasteiger partial charge in [-0.3, -0.25) is 4.79 Å². The Balaban J connectivity index is 1.75. The maximum absolute atomic E-state index is 13.1. The van der Waals surface area contributed by atoms with Crippen molar-refractivity contribution < 1.29 is 4.79 Å². The van der Waals surface area contributed by atoms with Gasteiger partial charge in [0.25, 0.3) is 0 Å². The van der Waals surface area contributed by atoms with E-state index in [2.05, 4.69) is 10.2 Å². The van der Waals surface area contributed by atoms with Gasteiger partial charge in [0.1, 0.15) is 0 Å². The number of carbonyl (C=O) groups is 1. The van der Waals surface area contributed by atoms with E-state index >= 15 is 0 Å². The maximum atomic E-state index is 13.1. The summed E-state index contributed by atoms with van der Waals surface area (Å²) < 4.78 is 0.711. The molecular formula is C19H20N4OS2. The molecule has 3 rings (SSSR count). The fourth-order valence-electron chi connectivity index (χ4n) is 2.55. The molecule has 7 heteroatoms. The van der Waals surface area contributed by atoms with Gasteiger partial charge < -0.3 is 10.6 Å². The zero-order valence-electron chi connectivity index (χ0n) is 14.4. The van der Waals surface area contributed by atoms with Crippen molar-refractivity contribution in [2.45, 2.75) is 29.6 Å². The summed E-state index contributed by atoms with van der Waals surface area (Å²) in [5.74, 6) is 0.0662. The summed E-state index contributed by atoms with van der Waals surface area (Å²) in [5.41, 5.74) is 7.84. The van der Waals surface area contributed by atoms with Crippen molar-refractivity contribution >= 4 is 34.1 Å². The molecule has 0 aliphatic carbocycles. The first-order valence-corrected chi connectivity index (χ1v) is 9.93. The van der Waals surface area contributed by atoms with Crippen LogP contribution < -0.4 is 5.73 Å². The summed E-state index contributed by atoms with van der Waals surface area (Å²) in [6, 6.07) is 20.1. The van der Waals surface area contributed by atoms with Crippen LogP contribution >= 0.6 is 23.1 Å². The van der Waals surface area contributed by atoms with Crippen LogP contribution in [0.15, 0.2) is 65.0 Å². The molecule has 5 nitrogen and oxygen atoms in total. The Labute approximate surface area is 161 Å². The minimum absolute atomic E-state index is 0.0662. The lowest BCUT2D eigenvalue weighted by Gasteiger charge is -2.25. The number of aromatic nitrogens is 2. The molecule has 0 bridgehead atoms. The molecule has 1 amide bonds. The van der Waals surface area contributed by atoms with Crippen molar-refractivity contribution in [2.24, 2.45) is 0 Å².